The number of ether oxygens (including phenoxy) is 3. The number of methoxy groups -OCH3 is 3. The van der Waals surface area contributed by atoms with Crippen LogP contribution in [0.15, 0.2) is 36.0 Å². The molecule has 2 saturated heterocycles. The van der Waals surface area contributed by atoms with Crippen LogP contribution in [0.3, 0.4) is 0 Å². The molecule has 0 atom stereocenters. The van der Waals surface area contributed by atoms with Crippen LogP contribution in [-0.4, -0.2) is 73.8 Å². The van der Waals surface area contributed by atoms with Crippen LogP contribution in [0.2, 0.25) is 0 Å². The van der Waals surface area contributed by atoms with Crippen molar-refractivity contribution in [1.29, 1.82) is 0 Å². The fourth-order valence-corrected chi connectivity index (χ4v) is 7.27. The lowest BCUT2D eigenvalue weighted by atomic mass is 9.75. The highest BCUT2D eigenvalue weighted by molar-refractivity contribution is 5.83. The number of likely N-dealkylation sites (tertiary alicyclic amines) is 1. The number of fused-ring (bicyclic) bond motifs is 3. The zero-order chi connectivity index (χ0) is 28.8. The Labute approximate surface area is 239 Å². The van der Waals surface area contributed by atoms with Crippen LogP contribution in [0.25, 0.3) is 0 Å². The maximum Gasteiger partial charge on any atom is 0.325 e. The molecular formula is C33H45N3O4. The largest absolute Gasteiger partial charge is 0.497 e. The van der Waals surface area contributed by atoms with Gasteiger partial charge in [-0.3, -0.25) is 9.80 Å². The monoisotopic (exact) mass is 547 g/mol. The van der Waals surface area contributed by atoms with E-state index in [9.17, 15) is 4.79 Å². The van der Waals surface area contributed by atoms with Gasteiger partial charge >= 0.3 is 6.03 Å². The predicted octanol–water partition coefficient (Wildman–Crippen LogP) is 5.72. The van der Waals surface area contributed by atoms with Crippen molar-refractivity contribution in [1.82, 2.24) is 14.7 Å². The van der Waals surface area contributed by atoms with E-state index in [1.54, 1.807) is 21.3 Å². The van der Waals surface area contributed by atoms with Gasteiger partial charge in [-0.1, -0.05) is 26.0 Å². The predicted molar refractivity (Wildman–Crippen MR) is 158 cm³/mol. The molecular weight excluding hydrogens is 502 g/mol. The summed E-state index contributed by atoms with van der Waals surface area (Å²) >= 11 is 0. The van der Waals surface area contributed by atoms with E-state index in [1.807, 2.05) is 6.07 Å². The Morgan fingerprint density at radius 2 is 1.55 bits per heavy atom. The molecule has 7 nitrogen and oxygen atoms in total. The van der Waals surface area contributed by atoms with Crippen LogP contribution in [0.5, 0.6) is 11.5 Å². The lowest BCUT2D eigenvalue weighted by Crippen LogP contribution is -2.54. The number of rotatable bonds is 7. The zero-order valence-electron chi connectivity index (χ0n) is 25.5. The molecule has 5 rings (SSSR count). The number of aryl methyl sites for hydroxylation is 1. The number of carbonyl (C=O) groups is 1. The number of allylic oxidation sites excluding steroid dienone is 1. The first-order chi connectivity index (χ1) is 19.0. The van der Waals surface area contributed by atoms with E-state index in [1.165, 1.54) is 39.1 Å². The van der Waals surface area contributed by atoms with Gasteiger partial charge in [0.2, 0.25) is 0 Å². The second-order valence-electron chi connectivity index (χ2n) is 12.3. The average Bonchev–Trinajstić information content (AvgIpc) is 3.03. The van der Waals surface area contributed by atoms with Gasteiger partial charge in [0.05, 0.1) is 32.9 Å². The molecule has 2 fully saturated rings. The third-order valence-electron chi connectivity index (χ3n) is 9.48. The summed E-state index contributed by atoms with van der Waals surface area (Å²) in [6.45, 7) is 15.6. The van der Waals surface area contributed by atoms with E-state index in [4.69, 9.17) is 14.2 Å². The molecule has 0 radical (unpaired) electrons. The molecule has 0 bridgehead atoms. The molecule has 3 aliphatic heterocycles. The van der Waals surface area contributed by atoms with Crippen molar-refractivity contribution in [3.05, 3.63) is 69.4 Å². The fourth-order valence-electron chi connectivity index (χ4n) is 7.27. The zero-order valence-corrected chi connectivity index (χ0v) is 25.5. The normalized spacial score (nSPS) is 19.8. The molecule has 0 aliphatic carbocycles. The molecule has 2 amide bonds. The molecule has 40 heavy (non-hydrogen) atoms. The number of urea groups is 1. The van der Waals surface area contributed by atoms with Gasteiger partial charge in [0, 0.05) is 50.5 Å². The van der Waals surface area contributed by atoms with Crippen LogP contribution in [-0.2, 0) is 23.2 Å². The molecule has 0 unspecified atom stereocenters. The number of hydrogen-bond acceptors (Lipinski definition) is 5. The third kappa shape index (κ3) is 4.77. The van der Waals surface area contributed by atoms with Crippen LogP contribution in [0.4, 0.5) is 4.79 Å². The van der Waals surface area contributed by atoms with Gasteiger partial charge in [-0.05, 0) is 79.1 Å². The quantitative estimate of drug-likeness (QED) is 0.444. The first-order valence-electron chi connectivity index (χ1n) is 14.4. The average molecular weight is 548 g/mol. The molecule has 0 N–H and O–H groups in total. The standard InChI is InChI=1S/C33H45N3O4/c1-22-15-26-21-35-29(19-32(4,5)30(26)24(3)23(22)2)33(36(31(35)37)13-14-38-6)9-11-34(12-10-33)20-25-16-27(39-7)18-28(17-25)40-8/h15-19H,9-14,20-21H2,1-8H3. The molecule has 0 aromatic heterocycles. The molecule has 0 saturated carbocycles. The maximum atomic E-state index is 14.2. The minimum absolute atomic E-state index is 0.105. The van der Waals surface area contributed by atoms with E-state index in [0.717, 1.165) is 44.0 Å². The van der Waals surface area contributed by atoms with Gasteiger partial charge in [0.1, 0.15) is 11.5 Å². The molecule has 2 aromatic carbocycles. The smallest absolute Gasteiger partial charge is 0.325 e. The first-order valence-corrected chi connectivity index (χ1v) is 14.4. The molecule has 1 spiro atoms. The molecule has 3 aliphatic rings. The van der Waals surface area contributed by atoms with Gasteiger partial charge in [-0.2, -0.15) is 0 Å². The molecule has 216 valence electrons. The van der Waals surface area contributed by atoms with Gasteiger partial charge in [-0.25, -0.2) is 4.79 Å². The summed E-state index contributed by atoms with van der Waals surface area (Å²) in [5, 5.41) is 0. The Bertz CT molecular complexity index is 1300. The number of benzene rings is 2. The summed E-state index contributed by atoms with van der Waals surface area (Å²) in [6, 6.07) is 8.48. The SMILES string of the molecule is COCCN1C(=O)N2Cc3cc(C)c(C)c(C)c3C(C)(C)C=C2C12CCN(Cc1cc(OC)cc(OC)c1)CC2. The summed E-state index contributed by atoms with van der Waals surface area (Å²) < 4.78 is 16.5. The Kier molecular flexibility index (Phi) is 7.66. The summed E-state index contributed by atoms with van der Waals surface area (Å²) in [4.78, 5) is 20.8. The van der Waals surface area contributed by atoms with Crippen molar-refractivity contribution in [2.75, 3.05) is 47.6 Å². The van der Waals surface area contributed by atoms with Crippen molar-refractivity contribution in [3.63, 3.8) is 0 Å². The van der Waals surface area contributed by atoms with E-state index >= 15 is 0 Å². The fraction of sp³-hybridized carbons (Fsp3) is 0.545. The number of nitrogens with zero attached hydrogens (tertiary/aromatic N) is 3. The number of amides is 2. The van der Waals surface area contributed by atoms with Crippen molar-refractivity contribution in [2.45, 2.75) is 71.5 Å². The number of carbonyl (C=O) groups excluding carboxylic acids is 1. The lowest BCUT2D eigenvalue weighted by Gasteiger charge is -2.45. The lowest BCUT2D eigenvalue weighted by molar-refractivity contribution is 0.0667. The van der Waals surface area contributed by atoms with Gasteiger partial charge < -0.3 is 19.1 Å². The van der Waals surface area contributed by atoms with Crippen molar-refractivity contribution >= 4 is 6.03 Å². The molecule has 3 heterocycles. The van der Waals surface area contributed by atoms with Crippen LogP contribution in [0, 0.1) is 20.8 Å². The van der Waals surface area contributed by atoms with Crippen molar-refractivity contribution in [2.24, 2.45) is 0 Å². The van der Waals surface area contributed by atoms with Crippen LogP contribution < -0.4 is 9.47 Å². The second kappa shape index (κ2) is 10.7. The van der Waals surface area contributed by atoms with Crippen LogP contribution >= 0.6 is 0 Å². The second-order valence-corrected chi connectivity index (χ2v) is 12.3. The Balaban J connectivity index is 1.49. The third-order valence-corrected chi connectivity index (χ3v) is 9.48. The molecule has 7 heteroatoms. The van der Waals surface area contributed by atoms with Gasteiger partial charge in [0.15, 0.2) is 0 Å². The highest BCUT2D eigenvalue weighted by Gasteiger charge is 2.55. The van der Waals surface area contributed by atoms with Gasteiger partial charge in [-0.15, -0.1) is 0 Å². The Hall–Kier alpha value is -3.03. The van der Waals surface area contributed by atoms with E-state index < -0.39 is 0 Å². The van der Waals surface area contributed by atoms with E-state index in [0.29, 0.717) is 19.7 Å². The maximum absolute atomic E-state index is 14.2. The first kappa shape index (κ1) is 28.5. The topological polar surface area (TPSA) is 54.5 Å². The van der Waals surface area contributed by atoms with Crippen molar-refractivity contribution < 1.29 is 19.0 Å². The number of piperidine rings is 1. The Morgan fingerprint density at radius 1 is 0.900 bits per heavy atom. The van der Waals surface area contributed by atoms with Crippen LogP contribution in [0.1, 0.15) is 60.1 Å². The molecule has 2 aromatic rings. The van der Waals surface area contributed by atoms with Gasteiger partial charge in [0.25, 0.3) is 0 Å². The summed E-state index contributed by atoms with van der Waals surface area (Å²) in [7, 11) is 5.08. The van der Waals surface area contributed by atoms with E-state index in [2.05, 4.69) is 73.6 Å². The highest BCUT2D eigenvalue weighted by atomic mass is 16.5. The number of hydrogen-bond donors (Lipinski definition) is 0. The van der Waals surface area contributed by atoms with E-state index in [-0.39, 0.29) is 17.0 Å². The highest BCUT2D eigenvalue weighted by Crippen LogP contribution is 2.49. The minimum atomic E-state index is -0.338. The minimum Gasteiger partial charge on any atom is -0.497 e. The van der Waals surface area contributed by atoms with Crippen molar-refractivity contribution in [3.8, 4) is 11.5 Å². The summed E-state index contributed by atoms with van der Waals surface area (Å²) in [5.74, 6) is 1.61. The summed E-state index contributed by atoms with van der Waals surface area (Å²) in [6.07, 6.45) is 4.18. The summed E-state index contributed by atoms with van der Waals surface area (Å²) in [5.41, 5.74) is 8.42. The Morgan fingerprint density at radius 3 is 2.15 bits per heavy atom.